The number of nitrogens with zero attached hydrogens (tertiary/aromatic N) is 2. The Morgan fingerprint density at radius 2 is 2.00 bits per heavy atom. The van der Waals surface area contributed by atoms with Crippen LogP contribution in [-0.2, 0) is 4.79 Å². The number of benzene rings is 2. The number of aromatic nitrogens is 2. The van der Waals surface area contributed by atoms with Gasteiger partial charge in [-0.25, -0.2) is 4.98 Å². The summed E-state index contributed by atoms with van der Waals surface area (Å²) in [7, 11) is 1.57. The van der Waals surface area contributed by atoms with Crippen molar-refractivity contribution in [1.82, 2.24) is 9.55 Å². The number of para-hydroxylation sites is 1. The Morgan fingerprint density at radius 1 is 1.15 bits per heavy atom. The molecule has 170 valence electrons. The van der Waals surface area contributed by atoms with Crippen molar-refractivity contribution in [2.75, 3.05) is 18.2 Å². The van der Waals surface area contributed by atoms with Gasteiger partial charge in [0, 0.05) is 22.7 Å². The molecule has 0 unspecified atom stereocenters. The lowest BCUT2D eigenvalue weighted by atomic mass is 10.2. The van der Waals surface area contributed by atoms with E-state index in [0.29, 0.717) is 43.8 Å². The van der Waals surface area contributed by atoms with Gasteiger partial charge in [-0.05, 0) is 36.4 Å². The molecule has 7 nitrogen and oxygen atoms in total. The summed E-state index contributed by atoms with van der Waals surface area (Å²) in [6.07, 6.45) is 1.58. The van der Waals surface area contributed by atoms with Gasteiger partial charge in [-0.3, -0.25) is 14.2 Å². The molecule has 0 aliphatic carbocycles. The third kappa shape index (κ3) is 4.35. The quantitative estimate of drug-likeness (QED) is 0.242. The van der Waals surface area contributed by atoms with Gasteiger partial charge in [-0.2, -0.15) is 0 Å². The van der Waals surface area contributed by atoms with E-state index in [1.807, 2.05) is 41.8 Å². The van der Waals surface area contributed by atoms with Crippen molar-refractivity contribution >= 4 is 44.9 Å². The summed E-state index contributed by atoms with van der Waals surface area (Å²) < 4.78 is 12.3. The summed E-state index contributed by atoms with van der Waals surface area (Å²) in [5.41, 5.74) is 1.81. The Bertz CT molecular complexity index is 1510. The molecule has 2 aromatic carbocycles. The van der Waals surface area contributed by atoms with Crippen molar-refractivity contribution in [1.29, 1.82) is 0 Å². The Labute approximate surface area is 203 Å². The normalized spacial score (nSPS) is 11.0. The number of ether oxygens (including phenoxy) is 1. The minimum atomic E-state index is -0.213. The number of fused-ring (bicyclic) bond motifs is 1. The smallest absolute Gasteiger partial charge is 0.268 e. The van der Waals surface area contributed by atoms with Crippen LogP contribution in [0.3, 0.4) is 0 Å². The number of hydrogen-bond donors (Lipinski definition) is 1. The van der Waals surface area contributed by atoms with Crippen molar-refractivity contribution in [3.8, 4) is 22.8 Å². The lowest BCUT2D eigenvalue weighted by molar-refractivity contribution is -0.113. The van der Waals surface area contributed by atoms with Crippen molar-refractivity contribution in [3.63, 3.8) is 0 Å². The number of rotatable bonds is 7. The number of carbonyl (C=O) groups excluding carboxylic acids is 1. The first-order chi connectivity index (χ1) is 16.6. The Morgan fingerprint density at radius 3 is 2.76 bits per heavy atom. The van der Waals surface area contributed by atoms with E-state index in [1.54, 1.807) is 48.3 Å². The predicted octanol–water partition coefficient (Wildman–Crippen LogP) is 5.45. The minimum Gasteiger partial charge on any atom is -0.497 e. The monoisotopic (exact) mass is 489 g/mol. The third-order valence-electron chi connectivity index (χ3n) is 5.06. The molecule has 9 heteroatoms. The lowest BCUT2D eigenvalue weighted by Gasteiger charge is -2.12. The summed E-state index contributed by atoms with van der Waals surface area (Å²) in [5.74, 6) is 1.14. The van der Waals surface area contributed by atoms with Crippen molar-refractivity contribution in [3.05, 3.63) is 88.7 Å². The molecule has 3 aromatic heterocycles. The largest absolute Gasteiger partial charge is 0.497 e. The van der Waals surface area contributed by atoms with Gasteiger partial charge in [0.05, 0.1) is 30.2 Å². The fourth-order valence-electron chi connectivity index (χ4n) is 3.51. The lowest BCUT2D eigenvalue weighted by Crippen LogP contribution is -2.22. The van der Waals surface area contributed by atoms with Crippen molar-refractivity contribution in [2.45, 2.75) is 5.16 Å². The summed E-state index contributed by atoms with van der Waals surface area (Å²) in [6, 6.07) is 20.0. The molecule has 0 aliphatic rings. The van der Waals surface area contributed by atoms with E-state index in [9.17, 15) is 9.59 Å². The number of furan rings is 1. The van der Waals surface area contributed by atoms with E-state index in [4.69, 9.17) is 14.1 Å². The van der Waals surface area contributed by atoms with E-state index in [1.165, 1.54) is 23.1 Å². The Kier molecular flexibility index (Phi) is 6.20. The SMILES string of the molecule is COc1cccc(NC(=O)CSc2nc3scc(-c4ccco4)c3c(=O)n2-c2ccccc2)c1. The summed E-state index contributed by atoms with van der Waals surface area (Å²) in [6.45, 7) is 0. The number of carbonyl (C=O) groups is 1. The molecule has 0 radical (unpaired) electrons. The Balaban J connectivity index is 1.50. The van der Waals surface area contributed by atoms with Crippen molar-refractivity contribution < 1.29 is 13.9 Å². The second kappa shape index (κ2) is 9.58. The van der Waals surface area contributed by atoms with Crippen molar-refractivity contribution in [2.24, 2.45) is 0 Å². The van der Waals surface area contributed by atoms with Crippen LogP contribution in [0.2, 0.25) is 0 Å². The third-order valence-corrected chi connectivity index (χ3v) is 6.87. The zero-order valence-corrected chi connectivity index (χ0v) is 19.7. The molecule has 5 aromatic rings. The van der Waals surface area contributed by atoms with Crippen LogP contribution in [0.1, 0.15) is 0 Å². The van der Waals surface area contributed by atoms with Crippen LogP contribution in [-0.4, -0.2) is 28.3 Å². The average molecular weight is 490 g/mol. The zero-order chi connectivity index (χ0) is 23.5. The first kappa shape index (κ1) is 22.0. The van der Waals surface area contributed by atoms with Gasteiger partial charge in [0.25, 0.3) is 5.56 Å². The van der Waals surface area contributed by atoms with E-state index in [0.717, 1.165) is 0 Å². The highest BCUT2D eigenvalue weighted by Gasteiger charge is 2.20. The standard InChI is InChI=1S/C25H19N3O4S2/c1-31-18-10-5-7-16(13-18)26-21(29)15-34-25-27-23-22(19(14-33-23)20-11-6-12-32-20)24(30)28(25)17-8-3-2-4-9-17/h2-14H,15H2,1H3,(H,26,29). The molecule has 3 heterocycles. The number of hydrogen-bond acceptors (Lipinski definition) is 7. The molecule has 0 bridgehead atoms. The van der Waals surface area contributed by atoms with Crippen LogP contribution in [0.4, 0.5) is 5.69 Å². The number of anilines is 1. The van der Waals surface area contributed by atoms with E-state index >= 15 is 0 Å². The zero-order valence-electron chi connectivity index (χ0n) is 18.1. The maximum atomic E-state index is 13.7. The molecule has 0 saturated carbocycles. The van der Waals surface area contributed by atoms with Crippen LogP contribution in [0.15, 0.2) is 92.7 Å². The molecule has 0 aliphatic heterocycles. The van der Waals surface area contributed by atoms with Crippen LogP contribution < -0.4 is 15.6 Å². The summed E-state index contributed by atoms with van der Waals surface area (Å²) in [4.78, 5) is 31.7. The van der Waals surface area contributed by atoms with Gasteiger partial charge in [0.2, 0.25) is 5.91 Å². The fraction of sp³-hybridized carbons (Fsp3) is 0.0800. The highest BCUT2D eigenvalue weighted by molar-refractivity contribution is 7.99. The van der Waals surface area contributed by atoms with Crippen LogP contribution in [0.5, 0.6) is 5.75 Å². The number of nitrogens with one attached hydrogen (secondary N) is 1. The van der Waals surface area contributed by atoms with Gasteiger partial charge in [-0.1, -0.05) is 36.0 Å². The van der Waals surface area contributed by atoms with Crippen LogP contribution in [0, 0.1) is 0 Å². The molecular formula is C25H19N3O4S2. The molecule has 0 saturated heterocycles. The van der Waals surface area contributed by atoms with Gasteiger partial charge in [0.1, 0.15) is 16.3 Å². The number of methoxy groups -OCH3 is 1. The number of thioether (sulfide) groups is 1. The highest BCUT2D eigenvalue weighted by Crippen LogP contribution is 2.33. The predicted molar refractivity (Wildman–Crippen MR) is 135 cm³/mol. The molecule has 0 spiro atoms. The first-order valence-electron chi connectivity index (χ1n) is 10.3. The molecule has 5 rings (SSSR count). The second-order valence-electron chi connectivity index (χ2n) is 7.25. The first-order valence-corrected chi connectivity index (χ1v) is 12.2. The summed E-state index contributed by atoms with van der Waals surface area (Å²) >= 11 is 2.58. The fourth-order valence-corrected chi connectivity index (χ4v) is 5.30. The second-order valence-corrected chi connectivity index (χ2v) is 9.05. The molecule has 1 amide bonds. The topological polar surface area (TPSA) is 86.4 Å². The van der Waals surface area contributed by atoms with E-state index in [2.05, 4.69) is 5.32 Å². The molecule has 34 heavy (non-hydrogen) atoms. The van der Waals surface area contributed by atoms with Crippen LogP contribution in [0.25, 0.3) is 27.2 Å². The van der Waals surface area contributed by atoms with Gasteiger partial charge in [-0.15, -0.1) is 11.3 Å². The molecule has 0 fully saturated rings. The maximum Gasteiger partial charge on any atom is 0.268 e. The molecular weight excluding hydrogens is 470 g/mol. The highest BCUT2D eigenvalue weighted by atomic mass is 32.2. The van der Waals surface area contributed by atoms with Gasteiger partial charge >= 0.3 is 0 Å². The van der Waals surface area contributed by atoms with E-state index < -0.39 is 0 Å². The minimum absolute atomic E-state index is 0.0818. The summed E-state index contributed by atoms with van der Waals surface area (Å²) in [5, 5.41) is 5.66. The van der Waals surface area contributed by atoms with Gasteiger partial charge < -0.3 is 14.5 Å². The average Bonchev–Trinajstić information content (AvgIpc) is 3.53. The molecule has 0 atom stereocenters. The van der Waals surface area contributed by atoms with Gasteiger partial charge in [0.15, 0.2) is 5.16 Å². The van der Waals surface area contributed by atoms with E-state index in [-0.39, 0.29) is 17.2 Å². The number of thiophene rings is 1. The maximum absolute atomic E-state index is 13.7. The van der Waals surface area contributed by atoms with Crippen LogP contribution >= 0.6 is 23.1 Å². The molecule has 1 N–H and O–H groups in total. The Hall–Kier alpha value is -3.82. The number of amides is 1.